The van der Waals surface area contributed by atoms with Crippen LogP contribution in [-0.2, 0) is 11.4 Å². The maximum Gasteiger partial charge on any atom is 0.118 e. The van der Waals surface area contributed by atoms with Crippen LogP contribution in [0, 0.1) is 11.8 Å². The van der Waals surface area contributed by atoms with Gasteiger partial charge in [0.2, 0.25) is 0 Å². The molecule has 4 nitrogen and oxygen atoms in total. The minimum absolute atomic E-state index is 0.0956. The second-order valence-corrected chi connectivity index (χ2v) is 6.08. The molecule has 1 saturated carbocycles. The van der Waals surface area contributed by atoms with Crippen molar-refractivity contribution in [3.05, 3.63) is 29.8 Å². The minimum Gasteiger partial charge on any atom is -0.497 e. The molecule has 3 rings (SSSR count). The van der Waals surface area contributed by atoms with Crippen LogP contribution in [0.25, 0.3) is 0 Å². The van der Waals surface area contributed by atoms with Gasteiger partial charge in [0.1, 0.15) is 5.75 Å². The van der Waals surface area contributed by atoms with Gasteiger partial charge in [-0.25, -0.2) is 0 Å². The summed E-state index contributed by atoms with van der Waals surface area (Å²) in [5, 5.41) is 12.2. The smallest absolute Gasteiger partial charge is 0.118 e. The number of aliphatic hydroxyl groups is 1. The molecule has 20 heavy (non-hydrogen) atoms. The molecule has 0 bridgehead atoms. The van der Waals surface area contributed by atoms with E-state index in [2.05, 4.69) is 31.0 Å². The quantitative estimate of drug-likeness (QED) is 0.920. The van der Waals surface area contributed by atoms with Crippen LogP contribution in [0.5, 0.6) is 5.75 Å². The molecular formula is C16H23NO3. The zero-order valence-corrected chi connectivity index (χ0v) is 12.3. The predicted octanol–water partition coefficient (Wildman–Crippen LogP) is 2.22. The number of aliphatic hydroxyl groups excluding tert-OH is 1. The fourth-order valence-electron chi connectivity index (χ4n) is 3.76. The Bertz CT molecular complexity index is 461. The van der Waals surface area contributed by atoms with Gasteiger partial charge in [0.05, 0.1) is 19.3 Å². The van der Waals surface area contributed by atoms with Gasteiger partial charge < -0.3 is 9.84 Å². The van der Waals surface area contributed by atoms with Gasteiger partial charge in [0, 0.05) is 18.5 Å². The van der Waals surface area contributed by atoms with E-state index in [4.69, 9.17) is 9.57 Å². The number of ether oxygens (including phenoxy) is 1. The Morgan fingerprint density at radius 1 is 1.30 bits per heavy atom. The second kappa shape index (κ2) is 5.35. The van der Waals surface area contributed by atoms with E-state index in [1.165, 1.54) is 5.56 Å². The zero-order chi connectivity index (χ0) is 14.3. The van der Waals surface area contributed by atoms with E-state index >= 15 is 0 Å². The molecular weight excluding hydrogens is 254 g/mol. The normalized spacial score (nSPS) is 37.1. The highest BCUT2D eigenvalue weighted by Crippen LogP contribution is 2.43. The topological polar surface area (TPSA) is 41.9 Å². The molecule has 1 saturated heterocycles. The van der Waals surface area contributed by atoms with Gasteiger partial charge in [-0.2, -0.15) is 5.06 Å². The van der Waals surface area contributed by atoms with Crippen molar-refractivity contribution in [1.82, 2.24) is 5.06 Å². The van der Waals surface area contributed by atoms with E-state index in [9.17, 15) is 5.11 Å². The summed E-state index contributed by atoms with van der Waals surface area (Å²) in [7, 11) is 1.67. The predicted molar refractivity (Wildman–Crippen MR) is 76.1 cm³/mol. The Kier molecular flexibility index (Phi) is 3.71. The van der Waals surface area contributed by atoms with Crippen LogP contribution < -0.4 is 4.74 Å². The van der Waals surface area contributed by atoms with Crippen LogP contribution in [0.3, 0.4) is 0 Å². The molecule has 110 valence electrons. The number of hydrogen-bond acceptors (Lipinski definition) is 4. The molecule has 0 radical (unpaired) electrons. The lowest BCUT2D eigenvalue weighted by Crippen LogP contribution is -2.34. The number of rotatable bonds is 3. The molecule has 1 aliphatic carbocycles. The largest absolute Gasteiger partial charge is 0.497 e. The Hall–Kier alpha value is -1.10. The Morgan fingerprint density at radius 3 is 2.65 bits per heavy atom. The minimum atomic E-state index is -0.231. The fourth-order valence-corrected chi connectivity index (χ4v) is 3.76. The lowest BCUT2D eigenvalue weighted by molar-refractivity contribution is -0.174. The van der Waals surface area contributed by atoms with Gasteiger partial charge in [0.15, 0.2) is 0 Å². The highest BCUT2D eigenvalue weighted by Gasteiger charge is 2.52. The average molecular weight is 277 g/mol. The Balaban J connectivity index is 1.74. The number of benzene rings is 1. The first-order chi connectivity index (χ1) is 9.60. The van der Waals surface area contributed by atoms with E-state index in [0.717, 1.165) is 18.7 Å². The van der Waals surface area contributed by atoms with E-state index in [1.807, 2.05) is 12.1 Å². The average Bonchev–Trinajstić information content (AvgIpc) is 2.91. The molecule has 1 aliphatic heterocycles. The Morgan fingerprint density at radius 2 is 2.00 bits per heavy atom. The molecule has 0 unspecified atom stereocenters. The van der Waals surface area contributed by atoms with Crippen LogP contribution in [0.2, 0.25) is 0 Å². The summed E-state index contributed by atoms with van der Waals surface area (Å²) in [6.45, 7) is 5.02. The molecule has 0 aromatic heterocycles. The molecule has 1 aromatic carbocycles. The van der Waals surface area contributed by atoms with Crippen LogP contribution >= 0.6 is 0 Å². The number of nitrogens with zero attached hydrogens (tertiary/aromatic N) is 1. The van der Waals surface area contributed by atoms with Crippen molar-refractivity contribution in [3.63, 3.8) is 0 Å². The van der Waals surface area contributed by atoms with Gasteiger partial charge in [-0.1, -0.05) is 19.1 Å². The van der Waals surface area contributed by atoms with Crippen molar-refractivity contribution in [3.8, 4) is 5.75 Å². The van der Waals surface area contributed by atoms with Gasteiger partial charge >= 0.3 is 0 Å². The lowest BCUT2D eigenvalue weighted by atomic mass is 9.94. The molecule has 4 heteroatoms. The molecule has 1 N–H and O–H groups in total. The highest BCUT2D eigenvalue weighted by molar-refractivity contribution is 5.27. The summed E-state index contributed by atoms with van der Waals surface area (Å²) < 4.78 is 5.18. The molecule has 0 amide bonds. The van der Waals surface area contributed by atoms with Crippen molar-refractivity contribution in [2.45, 2.75) is 45.1 Å². The van der Waals surface area contributed by atoms with Crippen LogP contribution in [0.1, 0.15) is 25.8 Å². The summed E-state index contributed by atoms with van der Waals surface area (Å²) in [4.78, 5) is 5.97. The first kappa shape index (κ1) is 13.9. The van der Waals surface area contributed by atoms with Crippen molar-refractivity contribution in [1.29, 1.82) is 0 Å². The molecule has 5 atom stereocenters. The molecule has 1 aromatic rings. The summed E-state index contributed by atoms with van der Waals surface area (Å²) in [5.74, 6) is 1.58. The third-order valence-corrected chi connectivity index (χ3v) is 4.71. The molecule has 1 heterocycles. The maximum atomic E-state index is 10.2. The van der Waals surface area contributed by atoms with E-state index in [1.54, 1.807) is 7.11 Å². The van der Waals surface area contributed by atoms with Crippen LogP contribution in [-0.4, -0.2) is 35.5 Å². The van der Waals surface area contributed by atoms with E-state index in [-0.39, 0.29) is 18.1 Å². The monoisotopic (exact) mass is 277 g/mol. The summed E-state index contributed by atoms with van der Waals surface area (Å²) in [5.41, 5.74) is 1.20. The van der Waals surface area contributed by atoms with Gasteiger partial charge in [-0.3, -0.25) is 4.84 Å². The fraction of sp³-hybridized carbons (Fsp3) is 0.625. The lowest BCUT2D eigenvalue weighted by Gasteiger charge is -2.25. The first-order valence-electron chi connectivity index (χ1n) is 7.34. The summed E-state index contributed by atoms with van der Waals surface area (Å²) in [6.07, 6.45) is 0.742. The summed E-state index contributed by atoms with van der Waals surface area (Å²) >= 11 is 0. The Labute approximate surface area is 120 Å². The zero-order valence-electron chi connectivity index (χ0n) is 12.3. The molecule has 2 fully saturated rings. The highest BCUT2D eigenvalue weighted by atomic mass is 16.7. The van der Waals surface area contributed by atoms with Gasteiger partial charge in [0.25, 0.3) is 0 Å². The number of methoxy groups -OCH3 is 1. The number of hydrogen-bond donors (Lipinski definition) is 1. The van der Waals surface area contributed by atoms with Crippen molar-refractivity contribution in [2.75, 3.05) is 7.11 Å². The standard InChI is InChI=1S/C16H23NO3/c1-10-8-14(18)15-11(2)20-17(16(10)15)9-12-4-6-13(19-3)7-5-12/h4-7,10-11,14-16,18H,8-9H2,1-3H3/t10-,11+,14+,15-,16+/m0/s1. The third kappa shape index (κ3) is 2.32. The third-order valence-electron chi connectivity index (χ3n) is 4.71. The van der Waals surface area contributed by atoms with Crippen LogP contribution in [0.15, 0.2) is 24.3 Å². The molecule has 2 aliphatic rings. The van der Waals surface area contributed by atoms with E-state index in [0.29, 0.717) is 12.0 Å². The van der Waals surface area contributed by atoms with Gasteiger partial charge in [-0.15, -0.1) is 0 Å². The SMILES string of the molecule is COc1ccc(CN2O[C@H](C)[C@@H]3[C@H]2[C@@H](C)C[C@H]3O)cc1. The van der Waals surface area contributed by atoms with E-state index < -0.39 is 0 Å². The van der Waals surface area contributed by atoms with Crippen molar-refractivity contribution >= 4 is 0 Å². The van der Waals surface area contributed by atoms with Gasteiger partial charge in [-0.05, 0) is 37.0 Å². The van der Waals surface area contributed by atoms with Crippen molar-refractivity contribution in [2.24, 2.45) is 11.8 Å². The second-order valence-electron chi connectivity index (χ2n) is 6.08. The number of fused-ring (bicyclic) bond motifs is 1. The van der Waals surface area contributed by atoms with Crippen LogP contribution in [0.4, 0.5) is 0 Å². The first-order valence-corrected chi connectivity index (χ1v) is 7.34. The summed E-state index contributed by atoms with van der Waals surface area (Å²) in [6, 6.07) is 8.40. The molecule has 0 spiro atoms. The maximum absolute atomic E-state index is 10.2. The number of hydroxylamine groups is 2. The van der Waals surface area contributed by atoms with Crippen molar-refractivity contribution < 1.29 is 14.7 Å².